The first-order valence-electron chi connectivity index (χ1n) is 15.9. The van der Waals surface area contributed by atoms with Crippen molar-refractivity contribution in [3.63, 3.8) is 0 Å². The van der Waals surface area contributed by atoms with E-state index in [1.165, 1.54) is 5.56 Å². The number of amides is 2. The molecule has 2 aromatic rings. The minimum absolute atomic E-state index is 0.000510. The van der Waals surface area contributed by atoms with Crippen molar-refractivity contribution < 1.29 is 55.4 Å². The zero-order valence-corrected chi connectivity index (χ0v) is 28.4. The van der Waals surface area contributed by atoms with Gasteiger partial charge in [-0.25, -0.2) is 0 Å². The molecule has 10 nitrogen and oxygen atoms in total. The third-order valence-electron chi connectivity index (χ3n) is 7.50. The lowest BCUT2D eigenvalue weighted by molar-refractivity contribution is -0.193. The molecule has 0 bridgehead atoms. The number of Topliss-reactive ketones (excluding diaryl/α,β-unsaturated/α-hetero) is 2. The summed E-state index contributed by atoms with van der Waals surface area (Å²) in [6.07, 6.45) is -6.30. The van der Waals surface area contributed by atoms with Gasteiger partial charge in [0, 0.05) is 37.1 Å². The van der Waals surface area contributed by atoms with Crippen molar-refractivity contribution in [1.29, 1.82) is 0 Å². The molecular formula is C33H41ClF6N4O6. The minimum atomic E-state index is -5.77. The maximum atomic E-state index is 13.1. The smallest absolute Gasteiger partial charge is 0.458 e. The van der Waals surface area contributed by atoms with E-state index in [0.29, 0.717) is 50.5 Å². The van der Waals surface area contributed by atoms with Crippen LogP contribution in [-0.2, 0) is 32.0 Å². The van der Waals surface area contributed by atoms with Crippen molar-refractivity contribution in [2.24, 2.45) is 0 Å². The number of ether oxygens (including phenoxy) is 1. The summed E-state index contributed by atoms with van der Waals surface area (Å²) >= 11 is 5.95. The number of carbonyl (C=O) groups is 4. The lowest BCUT2D eigenvalue weighted by Crippen LogP contribution is -2.43. The molecule has 17 heteroatoms. The molecule has 1 aliphatic heterocycles. The second kappa shape index (κ2) is 20.1. The summed E-state index contributed by atoms with van der Waals surface area (Å²) in [5.74, 6) is -6.39. The van der Waals surface area contributed by atoms with Gasteiger partial charge in [-0.05, 0) is 68.6 Å². The van der Waals surface area contributed by atoms with E-state index < -0.39 is 23.9 Å². The van der Waals surface area contributed by atoms with Crippen LogP contribution in [0.1, 0.15) is 50.7 Å². The van der Waals surface area contributed by atoms with Gasteiger partial charge >= 0.3 is 23.9 Å². The van der Waals surface area contributed by atoms with Crippen LogP contribution < -0.4 is 20.7 Å². The van der Waals surface area contributed by atoms with Gasteiger partial charge in [0.05, 0.1) is 0 Å². The molecule has 278 valence electrons. The molecule has 3 rings (SSSR count). The summed E-state index contributed by atoms with van der Waals surface area (Å²) in [5.41, 5.74) is 2.47. The first-order chi connectivity index (χ1) is 23.4. The number of ketones is 2. The molecule has 1 heterocycles. The van der Waals surface area contributed by atoms with Crippen LogP contribution in [0.15, 0.2) is 36.4 Å². The molecule has 2 aromatic carbocycles. The predicted octanol–water partition coefficient (Wildman–Crippen LogP) is 5.39. The highest BCUT2D eigenvalue weighted by molar-refractivity contribution is 6.41. The molecule has 0 aliphatic carbocycles. The zero-order valence-electron chi connectivity index (χ0n) is 27.6. The molecule has 1 atom stereocenters. The van der Waals surface area contributed by atoms with Gasteiger partial charge in [-0.1, -0.05) is 49.6 Å². The van der Waals surface area contributed by atoms with Crippen molar-refractivity contribution in [1.82, 2.24) is 15.5 Å². The second-order valence-electron chi connectivity index (χ2n) is 11.4. The average Bonchev–Trinajstić information content (AvgIpc) is 3.05. The SMILES string of the molecule is CCCC[C@@H](C)N(CCNCCc1ccc(O)c2c1OCC(=O)N2)C(=O)CCNCCc1ccc(Cl)cc1.O=C(C(=O)C(F)(F)F)C(F)(F)F. The Hall–Kier alpha value is -3.89. The molecule has 0 radical (unpaired) electrons. The van der Waals surface area contributed by atoms with Gasteiger partial charge in [0.15, 0.2) is 12.4 Å². The Bertz CT molecular complexity index is 1420. The number of unbranched alkanes of at least 4 members (excludes halogenated alkanes) is 1. The van der Waals surface area contributed by atoms with E-state index >= 15 is 0 Å². The number of rotatable bonds is 17. The molecule has 0 fully saturated rings. The number of fused-ring (bicyclic) bond motifs is 1. The molecule has 0 spiro atoms. The number of phenolic OH excluding ortho intramolecular Hbond substituents is 1. The number of aromatic hydroxyl groups is 1. The number of benzene rings is 2. The number of halogens is 7. The van der Waals surface area contributed by atoms with E-state index in [1.54, 1.807) is 6.07 Å². The molecule has 0 aromatic heterocycles. The van der Waals surface area contributed by atoms with Crippen molar-refractivity contribution in [2.75, 3.05) is 44.6 Å². The number of nitrogens with zero attached hydrogens (tertiary/aromatic N) is 1. The topological polar surface area (TPSA) is 137 Å². The molecular weight excluding hydrogens is 698 g/mol. The van der Waals surface area contributed by atoms with E-state index in [-0.39, 0.29) is 30.2 Å². The summed E-state index contributed by atoms with van der Waals surface area (Å²) in [4.78, 5) is 45.9. The van der Waals surface area contributed by atoms with Crippen molar-refractivity contribution >= 4 is 40.7 Å². The van der Waals surface area contributed by atoms with Crippen LogP contribution in [0.25, 0.3) is 0 Å². The fraction of sp³-hybridized carbons (Fsp3) is 0.515. The molecule has 1 aliphatic rings. The van der Waals surface area contributed by atoms with Gasteiger partial charge in [0.25, 0.3) is 5.91 Å². The lowest BCUT2D eigenvalue weighted by atomic mass is 10.1. The van der Waals surface area contributed by atoms with E-state index in [2.05, 4.69) is 29.8 Å². The molecule has 50 heavy (non-hydrogen) atoms. The van der Waals surface area contributed by atoms with Gasteiger partial charge < -0.3 is 30.7 Å². The van der Waals surface area contributed by atoms with Crippen LogP contribution in [-0.4, -0.2) is 91.1 Å². The second-order valence-corrected chi connectivity index (χ2v) is 11.8. The van der Waals surface area contributed by atoms with Crippen molar-refractivity contribution in [2.45, 2.75) is 70.8 Å². The summed E-state index contributed by atoms with van der Waals surface area (Å²) < 4.78 is 72.5. The first kappa shape index (κ1) is 42.3. The Labute approximate surface area is 290 Å². The van der Waals surface area contributed by atoms with E-state index in [1.807, 2.05) is 35.2 Å². The largest absolute Gasteiger partial charge is 0.506 e. The average molecular weight is 739 g/mol. The number of nitrogens with one attached hydrogen (secondary N) is 3. The van der Waals surface area contributed by atoms with Crippen molar-refractivity contribution in [3.05, 3.63) is 52.5 Å². The Morgan fingerprint density at radius 3 is 2.14 bits per heavy atom. The van der Waals surface area contributed by atoms with Crippen LogP contribution in [0.2, 0.25) is 5.02 Å². The number of phenols is 1. The lowest BCUT2D eigenvalue weighted by Gasteiger charge is -2.30. The van der Waals surface area contributed by atoms with Gasteiger partial charge in [0.1, 0.15) is 11.4 Å². The maximum Gasteiger partial charge on any atom is 0.458 e. The monoisotopic (exact) mass is 738 g/mol. The first-order valence-corrected chi connectivity index (χ1v) is 16.3. The molecule has 4 N–H and O–H groups in total. The highest BCUT2D eigenvalue weighted by atomic mass is 35.5. The van der Waals surface area contributed by atoms with Gasteiger partial charge in [-0.2, -0.15) is 26.3 Å². The molecule has 2 amide bonds. The maximum absolute atomic E-state index is 13.1. The number of hydrogen-bond donors (Lipinski definition) is 4. The van der Waals surface area contributed by atoms with Crippen molar-refractivity contribution in [3.8, 4) is 11.5 Å². The standard InChI is InChI=1S/C29H41ClN4O4.C4F6O2/c1-3-4-5-21(2)34(27(37)14-17-31-15-12-22-6-9-24(30)10-7-22)19-18-32-16-13-23-8-11-25(35)28-29(23)38-20-26(36)33-28;5-3(6,7)1(11)2(12)4(8,9)10/h6-11,21,31-32,35H,3-5,12-20H2,1-2H3,(H,33,36);/t21-;/m1./s1. The highest BCUT2D eigenvalue weighted by Crippen LogP contribution is 2.39. The third-order valence-corrected chi connectivity index (χ3v) is 7.75. The summed E-state index contributed by atoms with van der Waals surface area (Å²) in [6.45, 7) is 7.73. The van der Waals surface area contributed by atoms with Gasteiger partial charge in [-0.15, -0.1) is 0 Å². The van der Waals surface area contributed by atoms with Crippen LogP contribution in [0, 0.1) is 0 Å². The summed E-state index contributed by atoms with van der Waals surface area (Å²) in [7, 11) is 0. The van der Waals surface area contributed by atoms with E-state index in [0.717, 1.165) is 42.8 Å². The zero-order chi connectivity index (χ0) is 37.5. The minimum Gasteiger partial charge on any atom is -0.506 e. The van der Waals surface area contributed by atoms with Gasteiger partial charge in [-0.3, -0.25) is 19.2 Å². The Balaban J connectivity index is 0.000000616. The fourth-order valence-electron chi connectivity index (χ4n) is 4.81. The Kier molecular flexibility index (Phi) is 17.0. The summed E-state index contributed by atoms with van der Waals surface area (Å²) in [6, 6.07) is 11.4. The van der Waals surface area contributed by atoms with E-state index in [9.17, 15) is 50.6 Å². The predicted molar refractivity (Wildman–Crippen MR) is 174 cm³/mol. The van der Waals surface area contributed by atoms with Crippen LogP contribution in [0.4, 0.5) is 32.0 Å². The number of anilines is 1. The molecule has 0 saturated heterocycles. The van der Waals surface area contributed by atoms with E-state index in [4.69, 9.17) is 16.3 Å². The van der Waals surface area contributed by atoms with Crippen LogP contribution in [0.5, 0.6) is 11.5 Å². The molecule has 0 unspecified atom stereocenters. The van der Waals surface area contributed by atoms with Crippen LogP contribution in [0.3, 0.4) is 0 Å². The fourth-order valence-corrected chi connectivity index (χ4v) is 4.94. The number of carbonyl (C=O) groups excluding carboxylic acids is 4. The van der Waals surface area contributed by atoms with Crippen LogP contribution >= 0.6 is 11.6 Å². The molecule has 0 saturated carbocycles. The highest BCUT2D eigenvalue weighted by Gasteiger charge is 2.54. The Morgan fingerprint density at radius 2 is 1.54 bits per heavy atom. The Morgan fingerprint density at radius 1 is 0.940 bits per heavy atom. The summed E-state index contributed by atoms with van der Waals surface area (Å²) in [5, 5.41) is 20.3. The number of hydrogen-bond acceptors (Lipinski definition) is 8. The van der Waals surface area contributed by atoms with Gasteiger partial charge in [0.2, 0.25) is 5.91 Å². The normalized spacial score (nSPS) is 13.3. The number of alkyl halides is 6. The quantitative estimate of drug-likeness (QED) is 0.0735. The third kappa shape index (κ3) is 14.2.